The van der Waals surface area contributed by atoms with E-state index in [2.05, 4.69) is 15.5 Å². The molecule has 0 unspecified atom stereocenters. The van der Waals surface area contributed by atoms with E-state index in [1.807, 2.05) is 71.4 Å². The minimum Gasteiger partial charge on any atom is -0.481 e. The Hall–Kier alpha value is -3.64. The molecular weight excluding hydrogens is 388 g/mol. The molecule has 6 nitrogen and oxygen atoms in total. The van der Waals surface area contributed by atoms with Gasteiger partial charge in [0.2, 0.25) is 0 Å². The van der Waals surface area contributed by atoms with Crippen LogP contribution >= 0.6 is 11.6 Å². The maximum atomic E-state index is 12.1. The summed E-state index contributed by atoms with van der Waals surface area (Å²) in [7, 11) is 0. The van der Waals surface area contributed by atoms with Gasteiger partial charge in [0.15, 0.2) is 6.61 Å². The third kappa shape index (κ3) is 4.44. The van der Waals surface area contributed by atoms with Gasteiger partial charge in [-0.15, -0.1) is 0 Å². The summed E-state index contributed by atoms with van der Waals surface area (Å²) in [5.41, 5.74) is 4.95. The number of para-hydroxylation sites is 1. The van der Waals surface area contributed by atoms with Gasteiger partial charge in [0.25, 0.3) is 5.91 Å². The van der Waals surface area contributed by atoms with Crippen LogP contribution in [0.25, 0.3) is 16.6 Å². The molecular formula is C22H17ClN4O2. The zero-order valence-electron chi connectivity index (χ0n) is 15.3. The largest absolute Gasteiger partial charge is 0.481 e. The molecule has 0 saturated carbocycles. The number of aromatic nitrogens is 2. The summed E-state index contributed by atoms with van der Waals surface area (Å²) in [6.45, 7) is -0.161. The number of pyridine rings is 1. The van der Waals surface area contributed by atoms with E-state index in [4.69, 9.17) is 16.3 Å². The average Bonchev–Trinajstić information content (AvgIpc) is 3.21. The smallest absolute Gasteiger partial charge is 0.277 e. The molecule has 2 heterocycles. The zero-order valence-corrected chi connectivity index (χ0v) is 16.1. The highest BCUT2D eigenvalue weighted by atomic mass is 35.5. The van der Waals surface area contributed by atoms with Crippen LogP contribution in [0, 0.1) is 0 Å². The summed E-state index contributed by atoms with van der Waals surface area (Å²) < 4.78 is 7.54. The molecule has 2 aromatic heterocycles. The highest BCUT2D eigenvalue weighted by Crippen LogP contribution is 2.22. The van der Waals surface area contributed by atoms with Crippen LogP contribution in [0.15, 0.2) is 84.2 Å². The Morgan fingerprint density at radius 1 is 1.10 bits per heavy atom. The van der Waals surface area contributed by atoms with Crippen molar-refractivity contribution in [1.82, 2.24) is 15.0 Å². The maximum Gasteiger partial charge on any atom is 0.277 e. The number of nitrogens with one attached hydrogen (secondary N) is 1. The molecule has 0 aliphatic rings. The molecule has 1 N–H and O–H groups in total. The number of amides is 1. The van der Waals surface area contributed by atoms with Crippen molar-refractivity contribution < 1.29 is 9.53 Å². The summed E-state index contributed by atoms with van der Waals surface area (Å²) in [6, 6.07) is 20.6. The number of halogens is 1. The minimum atomic E-state index is -0.362. The monoisotopic (exact) mass is 404 g/mol. The summed E-state index contributed by atoms with van der Waals surface area (Å²) in [5.74, 6) is 0.192. The van der Waals surface area contributed by atoms with Crippen molar-refractivity contribution in [3.05, 3.63) is 89.8 Å². The molecule has 0 aliphatic heterocycles. The van der Waals surface area contributed by atoms with Crippen LogP contribution in [0.2, 0.25) is 5.02 Å². The van der Waals surface area contributed by atoms with Gasteiger partial charge in [-0.25, -0.2) is 5.43 Å². The Kier molecular flexibility index (Phi) is 5.54. The number of hydrazone groups is 1. The molecule has 4 rings (SSSR count). The van der Waals surface area contributed by atoms with Gasteiger partial charge in [-0.1, -0.05) is 29.8 Å². The lowest BCUT2D eigenvalue weighted by Gasteiger charge is -2.08. The van der Waals surface area contributed by atoms with E-state index in [0.29, 0.717) is 16.3 Å². The van der Waals surface area contributed by atoms with Crippen molar-refractivity contribution >= 4 is 34.6 Å². The summed E-state index contributed by atoms with van der Waals surface area (Å²) >= 11 is 5.94. The Bertz CT molecular complexity index is 1160. The third-order valence-corrected chi connectivity index (χ3v) is 4.48. The Morgan fingerprint density at radius 3 is 2.79 bits per heavy atom. The lowest BCUT2D eigenvalue weighted by molar-refractivity contribution is -0.123. The fourth-order valence-corrected chi connectivity index (χ4v) is 3.00. The first kappa shape index (κ1) is 18.7. The molecule has 0 spiro atoms. The standard InChI is InChI=1S/C22H17ClN4O2/c23-17-8-10-18(11-9-17)27-13-3-6-19(27)14-25-26-21(28)15-29-20-7-1-4-16-5-2-12-24-22(16)20/h1-14H,15H2,(H,26,28)/b25-14-. The van der Waals surface area contributed by atoms with E-state index in [1.54, 1.807) is 18.5 Å². The van der Waals surface area contributed by atoms with Crippen molar-refractivity contribution in [1.29, 1.82) is 0 Å². The normalized spacial score (nSPS) is 11.1. The van der Waals surface area contributed by atoms with E-state index in [1.165, 1.54) is 0 Å². The second-order valence-corrected chi connectivity index (χ2v) is 6.63. The van der Waals surface area contributed by atoms with Gasteiger partial charge in [-0.3, -0.25) is 9.78 Å². The topological polar surface area (TPSA) is 68.5 Å². The van der Waals surface area contributed by atoms with E-state index in [9.17, 15) is 4.79 Å². The number of ether oxygens (including phenoxy) is 1. The Morgan fingerprint density at radius 2 is 1.93 bits per heavy atom. The first-order valence-electron chi connectivity index (χ1n) is 8.92. The molecule has 0 radical (unpaired) electrons. The Balaban J connectivity index is 1.37. The van der Waals surface area contributed by atoms with Crippen LogP contribution in [0.4, 0.5) is 0 Å². The molecule has 2 aromatic carbocycles. The van der Waals surface area contributed by atoms with Crippen molar-refractivity contribution in [2.75, 3.05) is 6.61 Å². The van der Waals surface area contributed by atoms with Crippen LogP contribution in [0.3, 0.4) is 0 Å². The second kappa shape index (κ2) is 8.58. The lowest BCUT2D eigenvalue weighted by Crippen LogP contribution is -2.24. The summed E-state index contributed by atoms with van der Waals surface area (Å²) in [5, 5.41) is 5.65. The molecule has 29 heavy (non-hydrogen) atoms. The summed E-state index contributed by atoms with van der Waals surface area (Å²) in [6.07, 6.45) is 5.17. The quantitative estimate of drug-likeness (QED) is 0.386. The number of carbonyl (C=O) groups is 1. The number of hydrogen-bond acceptors (Lipinski definition) is 4. The molecule has 4 aromatic rings. The lowest BCUT2D eigenvalue weighted by atomic mass is 10.2. The van der Waals surface area contributed by atoms with E-state index in [0.717, 1.165) is 16.8 Å². The van der Waals surface area contributed by atoms with Crippen molar-refractivity contribution in [2.45, 2.75) is 0 Å². The van der Waals surface area contributed by atoms with Gasteiger partial charge in [0.05, 0.1) is 11.9 Å². The number of nitrogens with zero attached hydrogens (tertiary/aromatic N) is 3. The first-order valence-corrected chi connectivity index (χ1v) is 9.30. The fourth-order valence-electron chi connectivity index (χ4n) is 2.87. The predicted octanol–water partition coefficient (Wildman–Crippen LogP) is 4.21. The van der Waals surface area contributed by atoms with Crippen LogP contribution in [-0.4, -0.2) is 28.3 Å². The molecule has 7 heteroatoms. The molecule has 0 fully saturated rings. The molecule has 144 valence electrons. The molecule has 0 bridgehead atoms. The van der Waals surface area contributed by atoms with Crippen LogP contribution in [0.5, 0.6) is 5.75 Å². The van der Waals surface area contributed by atoms with E-state index < -0.39 is 0 Å². The Labute approximate surface area is 172 Å². The van der Waals surface area contributed by atoms with Crippen molar-refractivity contribution in [2.24, 2.45) is 5.10 Å². The van der Waals surface area contributed by atoms with Crippen LogP contribution in [0.1, 0.15) is 5.69 Å². The molecule has 0 saturated heterocycles. The molecule has 1 amide bonds. The number of rotatable bonds is 6. The van der Waals surface area contributed by atoms with Gasteiger partial charge in [0, 0.05) is 28.5 Å². The fraction of sp³-hybridized carbons (Fsp3) is 0.0455. The number of benzene rings is 2. The number of carbonyl (C=O) groups excluding carboxylic acids is 1. The molecule has 0 aliphatic carbocycles. The van der Waals surface area contributed by atoms with E-state index >= 15 is 0 Å². The van der Waals surface area contributed by atoms with Crippen LogP contribution < -0.4 is 10.2 Å². The highest BCUT2D eigenvalue weighted by Gasteiger charge is 2.06. The van der Waals surface area contributed by atoms with Gasteiger partial charge in [0.1, 0.15) is 11.3 Å². The number of hydrogen-bond donors (Lipinski definition) is 1. The van der Waals surface area contributed by atoms with E-state index in [-0.39, 0.29) is 12.5 Å². The molecule has 0 atom stereocenters. The minimum absolute atomic E-state index is 0.161. The average molecular weight is 405 g/mol. The van der Waals surface area contributed by atoms with Gasteiger partial charge in [-0.2, -0.15) is 5.10 Å². The second-order valence-electron chi connectivity index (χ2n) is 6.19. The van der Waals surface area contributed by atoms with Crippen molar-refractivity contribution in [3.8, 4) is 11.4 Å². The SMILES string of the molecule is O=C(COc1cccc2cccnc12)N/N=C\c1cccn1-c1ccc(Cl)cc1. The van der Waals surface area contributed by atoms with Gasteiger partial charge >= 0.3 is 0 Å². The third-order valence-electron chi connectivity index (χ3n) is 4.23. The van der Waals surface area contributed by atoms with Crippen molar-refractivity contribution in [3.63, 3.8) is 0 Å². The predicted molar refractivity (Wildman–Crippen MR) is 114 cm³/mol. The van der Waals surface area contributed by atoms with Gasteiger partial charge < -0.3 is 9.30 Å². The summed E-state index contributed by atoms with van der Waals surface area (Å²) in [4.78, 5) is 16.4. The highest BCUT2D eigenvalue weighted by molar-refractivity contribution is 6.30. The maximum absolute atomic E-state index is 12.1. The van der Waals surface area contributed by atoms with Crippen LogP contribution in [-0.2, 0) is 4.79 Å². The first-order chi connectivity index (χ1) is 14.2. The zero-order chi connectivity index (χ0) is 20.1. The number of fused-ring (bicyclic) bond motifs is 1. The van der Waals surface area contributed by atoms with Gasteiger partial charge in [-0.05, 0) is 48.5 Å².